The van der Waals surface area contributed by atoms with E-state index >= 15 is 0 Å². The van der Waals surface area contributed by atoms with Crippen molar-refractivity contribution in [1.29, 1.82) is 0 Å². The largest absolute Gasteiger partial charge is 0.261 e. The highest BCUT2D eigenvalue weighted by molar-refractivity contribution is 6.31. The molecule has 0 fully saturated rings. The maximum atomic E-state index is 6.22. The maximum absolute atomic E-state index is 6.22. The Kier molecular flexibility index (Phi) is 4.13. The lowest BCUT2D eigenvalue weighted by Gasteiger charge is -2.12. The molecule has 1 aliphatic carbocycles. The highest BCUT2D eigenvalue weighted by Gasteiger charge is 2.19. The Balaban J connectivity index is 1.97. The third kappa shape index (κ3) is 2.98. The van der Waals surface area contributed by atoms with Gasteiger partial charge in [-0.25, -0.2) is 0 Å². The molecule has 0 amide bonds. The van der Waals surface area contributed by atoms with Crippen LogP contribution in [0.2, 0.25) is 10.0 Å². The smallest absolute Gasteiger partial charge is 0.0485 e. The summed E-state index contributed by atoms with van der Waals surface area (Å²) < 4.78 is 0. The molecule has 0 saturated carbocycles. The van der Waals surface area contributed by atoms with Gasteiger partial charge >= 0.3 is 0 Å². The number of hydrogen-bond donors (Lipinski definition) is 0. The van der Waals surface area contributed by atoms with Crippen molar-refractivity contribution in [3.8, 4) is 0 Å². The van der Waals surface area contributed by atoms with Crippen molar-refractivity contribution in [3.05, 3.63) is 98.8 Å². The summed E-state index contributed by atoms with van der Waals surface area (Å²) in [7, 11) is 0. The van der Waals surface area contributed by atoms with Crippen LogP contribution in [0.1, 0.15) is 27.9 Å². The van der Waals surface area contributed by atoms with Gasteiger partial charge in [0.05, 0.1) is 0 Å². The molecule has 0 atom stereocenters. The quantitative estimate of drug-likeness (QED) is 0.517. The number of pyridine rings is 1. The number of benzene rings is 2. The fourth-order valence-corrected chi connectivity index (χ4v) is 3.62. The van der Waals surface area contributed by atoms with Gasteiger partial charge in [-0.15, -0.1) is 0 Å². The normalized spacial score (nSPS) is 14.8. The van der Waals surface area contributed by atoms with Gasteiger partial charge in [0.15, 0.2) is 0 Å². The fraction of sp³-hybridized carbons (Fsp3) is 0.0952. The topological polar surface area (TPSA) is 12.9 Å². The van der Waals surface area contributed by atoms with Gasteiger partial charge in [-0.1, -0.05) is 47.5 Å². The SMILES string of the molecule is Clc1cccc(C=C2c3ccc(Cl)cc3CCc3ncccc32)c1. The number of aryl methyl sites for hydroxylation is 2. The number of aromatic nitrogens is 1. The number of fused-ring (bicyclic) bond motifs is 2. The molecule has 4 rings (SSSR count). The van der Waals surface area contributed by atoms with Gasteiger partial charge in [-0.3, -0.25) is 4.98 Å². The molecule has 3 heteroatoms. The van der Waals surface area contributed by atoms with E-state index < -0.39 is 0 Å². The van der Waals surface area contributed by atoms with Crippen molar-refractivity contribution in [3.63, 3.8) is 0 Å². The average molecular weight is 352 g/mol. The Hall–Kier alpha value is -2.09. The minimum Gasteiger partial charge on any atom is -0.261 e. The van der Waals surface area contributed by atoms with E-state index in [4.69, 9.17) is 23.2 Å². The zero-order valence-electron chi connectivity index (χ0n) is 13.0. The van der Waals surface area contributed by atoms with E-state index in [9.17, 15) is 0 Å². The van der Waals surface area contributed by atoms with Crippen LogP contribution in [0, 0.1) is 0 Å². The van der Waals surface area contributed by atoms with E-state index in [0.717, 1.165) is 34.1 Å². The monoisotopic (exact) mass is 351 g/mol. The first-order valence-electron chi connectivity index (χ1n) is 7.91. The Labute approximate surface area is 151 Å². The van der Waals surface area contributed by atoms with E-state index in [1.54, 1.807) is 0 Å². The van der Waals surface area contributed by atoms with Crippen molar-refractivity contribution < 1.29 is 0 Å². The molecule has 0 unspecified atom stereocenters. The van der Waals surface area contributed by atoms with Crippen LogP contribution < -0.4 is 0 Å². The number of nitrogens with zero attached hydrogens (tertiary/aromatic N) is 1. The molecule has 2 aromatic carbocycles. The second-order valence-electron chi connectivity index (χ2n) is 5.91. The Morgan fingerprint density at radius 1 is 0.833 bits per heavy atom. The summed E-state index contributed by atoms with van der Waals surface area (Å²) in [4.78, 5) is 4.59. The zero-order valence-corrected chi connectivity index (χ0v) is 14.5. The average Bonchev–Trinajstić information content (AvgIpc) is 2.73. The van der Waals surface area contributed by atoms with E-state index in [1.807, 2.05) is 36.5 Å². The lowest BCUT2D eigenvalue weighted by molar-refractivity contribution is 0.918. The second kappa shape index (κ2) is 6.43. The van der Waals surface area contributed by atoms with Crippen molar-refractivity contribution >= 4 is 34.9 Å². The summed E-state index contributed by atoms with van der Waals surface area (Å²) >= 11 is 12.4. The molecule has 0 spiro atoms. The lowest BCUT2D eigenvalue weighted by Crippen LogP contribution is -1.95. The van der Waals surface area contributed by atoms with Gasteiger partial charge in [-0.05, 0) is 71.5 Å². The lowest BCUT2D eigenvalue weighted by atomic mass is 9.93. The van der Waals surface area contributed by atoms with Crippen LogP contribution in [-0.4, -0.2) is 4.98 Å². The standard InChI is InChI=1S/C21H15Cl2N/c22-16-4-1-3-14(11-16)12-20-18-8-7-17(23)13-15(18)6-9-21-19(20)5-2-10-24-21/h1-5,7-8,10-13H,6,9H2. The predicted octanol–water partition coefficient (Wildman–Crippen LogP) is 6.08. The third-order valence-electron chi connectivity index (χ3n) is 4.33. The first-order chi connectivity index (χ1) is 11.7. The van der Waals surface area contributed by atoms with Crippen molar-refractivity contribution in [1.82, 2.24) is 4.98 Å². The van der Waals surface area contributed by atoms with Gasteiger partial charge in [-0.2, -0.15) is 0 Å². The molecule has 1 aliphatic rings. The Morgan fingerprint density at radius 3 is 2.58 bits per heavy atom. The molecule has 3 aromatic rings. The summed E-state index contributed by atoms with van der Waals surface area (Å²) in [6, 6.07) is 18.2. The van der Waals surface area contributed by atoms with E-state index in [0.29, 0.717) is 0 Å². The summed E-state index contributed by atoms with van der Waals surface area (Å²) in [6.45, 7) is 0. The Morgan fingerprint density at radius 2 is 1.71 bits per heavy atom. The molecule has 0 aliphatic heterocycles. The van der Waals surface area contributed by atoms with Crippen LogP contribution >= 0.6 is 23.2 Å². The number of rotatable bonds is 1. The van der Waals surface area contributed by atoms with E-state index in [1.165, 1.54) is 22.3 Å². The molecular weight excluding hydrogens is 337 g/mol. The summed E-state index contributed by atoms with van der Waals surface area (Å²) in [6.07, 6.45) is 5.90. The van der Waals surface area contributed by atoms with Gasteiger partial charge in [0.25, 0.3) is 0 Å². The summed E-state index contributed by atoms with van der Waals surface area (Å²) in [5.74, 6) is 0. The van der Waals surface area contributed by atoms with Crippen molar-refractivity contribution in [2.24, 2.45) is 0 Å². The van der Waals surface area contributed by atoms with Crippen LogP contribution in [0.5, 0.6) is 0 Å². The van der Waals surface area contributed by atoms with Gasteiger partial charge in [0, 0.05) is 27.5 Å². The molecule has 0 N–H and O–H groups in total. The molecular formula is C21H15Cl2N. The van der Waals surface area contributed by atoms with Gasteiger partial charge in [0.1, 0.15) is 0 Å². The molecule has 118 valence electrons. The molecule has 0 radical (unpaired) electrons. The van der Waals surface area contributed by atoms with Gasteiger partial charge < -0.3 is 0 Å². The first-order valence-corrected chi connectivity index (χ1v) is 8.66. The predicted molar refractivity (Wildman–Crippen MR) is 102 cm³/mol. The van der Waals surface area contributed by atoms with Crippen LogP contribution in [0.25, 0.3) is 11.6 Å². The van der Waals surface area contributed by atoms with Crippen molar-refractivity contribution in [2.45, 2.75) is 12.8 Å². The highest BCUT2D eigenvalue weighted by Crippen LogP contribution is 2.35. The molecule has 0 saturated heterocycles. The van der Waals surface area contributed by atoms with Crippen LogP contribution in [0.15, 0.2) is 60.8 Å². The fourth-order valence-electron chi connectivity index (χ4n) is 3.23. The van der Waals surface area contributed by atoms with Gasteiger partial charge in [0.2, 0.25) is 0 Å². The van der Waals surface area contributed by atoms with Crippen molar-refractivity contribution in [2.75, 3.05) is 0 Å². The Bertz CT molecular complexity index is 944. The van der Waals surface area contributed by atoms with E-state index in [-0.39, 0.29) is 0 Å². The van der Waals surface area contributed by atoms with Crippen LogP contribution in [0.3, 0.4) is 0 Å². The minimum atomic E-state index is 0.737. The number of hydrogen-bond acceptors (Lipinski definition) is 1. The third-order valence-corrected chi connectivity index (χ3v) is 4.80. The van der Waals surface area contributed by atoms with E-state index in [2.05, 4.69) is 35.3 Å². The maximum Gasteiger partial charge on any atom is 0.0485 e. The van der Waals surface area contributed by atoms with Crippen LogP contribution in [-0.2, 0) is 12.8 Å². The molecule has 1 nitrogen and oxygen atoms in total. The highest BCUT2D eigenvalue weighted by atomic mass is 35.5. The molecule has 0 bridgehead atoms. The molecule has 24 heavy (non-hydrogen) atoms. The molecule has 1 aromatic heterocycles. The van der Waals surface area contributed by atoms with Crippen LogP contribution in [0.4, 0.5) is 0 Å². The summed E-state index contributed by atoms with van der Waals surface area (Å²) in [5, 5.41) is 1.51. The number of halogens is 2. The second-order valence-corrected chi connectivity index (χ2v) is 6.79. The minimum absolute atomic E-state index is 0.737. The summed E-state index contributed by atoms with van der Waals surface area (Å²) in [5.41, 5.74) is 7.02. The first kappa shape index (κ1) is 15.4. The molecule has 1 heterocycles. The zero-order chi connectivity index (χ0) is 16.5.